The van der Waals surface area contributed by atoms with Crippen LogP contribution in [0.25, 0.3) is 0 Å². The summed E-state index contributed by atoms with van der Waals surface area (Å²) in [5, 5.41) is 0. The largest absolute Gasteiger partial charge is 0.495 e. The third-order valence-corrected chi connectivity index (χ3v) is 6.40. The van der Waals surface area contributed by atoms with Crippen molar-refractivity contribution >= 4 is 11.6 Å². The van der Waals surface area contributed by atoms with E-state index in [0.717, 1.165) is 56.3 Å². The van der Waals surface area contributed by atoms with E-state index in [1.165, 1.54) is 19.3 Å². The number of ether oxygens (including phenoxy) is 2. The standard InChI is InChI=1S/C22H33N3O3/c1-3-8-24-14-17-4-6-19(24)16-25(15-17)22(26)18-5-7-21(27-2)20(13-18)23-9-11-28-12-10-23/h5,7,13,17,19H,3-4,6,8-12,14-16H2,1-2H3/t17-,19-/m1/s1. The zero-order chi connectivity index (χ0) is 19.5. The van der Waals surface area contributed by atoms with Gasteiger partial charge in [-0.25, -0.2) is 0 Å². The molecule has 2 bridgehead atoms. The highest BCUT2D eigenvalue weighted by Crippen LogP contribution is 2.32. The van der Waals surface area contributed by atoms with Crippen LogP contribution in [0.1, 0.15) is 36.5 Å². The Kier molecular flexibility index (Phi) is 6.07. The molecular formula is C22H33N3O3. The molecule has 0 aliphatic carbocycles. The Morgan fingerprint density at radius 3 is 2.75 bits per heavy atom. The molecule has 0 saturated carbocycles. The maximum Gasteiger partial charge on any atom is 0.253 e. The molecule has 5 rings (SSSR count). The minimum absolute atomic E-state index is 0.160. The zero-order valence-electron chi connectivity index (χ0n) is 17.2. The van der Waals surface area contributed by atoms with Crippen LogP contribution in [0, 0.1) is 5.92 Å². The highest BCUT2D eigenvalue weighted by atomic mass is 16.5. The summed E-state index contributed by atoms with van der Waals surface area (Å²) in [4.78, 5) is 20.4. The van der Waals surface area contributed by atoms with Crippen molar-refractivity contribution in [3.63, 3.8) is 0 Å². The van der Waals surface area contributed by atoms with Crippen molar-refractivity contribution in [1.29, 1.82) is 0 Å². The molecule has 0 N–H and O–H groups in total. The normalized spacial score (nSPS) is 25.6. The smallest absolute Gasteiger partial charge is 0.253 e. The van der Waals surface area contributed by atoms with Crippen LogP contribution in [-0.4, -0.2) is 81.3 Å². The predicted octanol–water partition coefficient (Wildman–Crippen LogP) is 2.48. The predicted molar refractivity (Wildman–Crippen MR) is 110 cm³/mol. The van der Waals surface area contributed by atoms with Crippen LogP contribution in [0.5, 0.6) is 5.75 Å². The van der Waals surface area contributed by atoms with Crippen molar-refractivity contribution in [3.05, 3.63) is 23.8 Å². The number of carbonyl (C=O) groups is 1. The van der Waals surface area contributed by atoms with E-state index < -0.39 is 0 Å². The van der Waals surface area contributed by atoms with Crippen LogP contribution in [0.2, 0.25) is 0 Å². The maximum atomic E-state index is 13.4. The van der Waals surface area contributed by atoms with E-state index in [1.807, 2.05) is 18.2 Å². The molecule has 6 heteroatoms. The van der Waals surface area contributed by atoms with E-state index in [2.05, 4.69) is 21.6 Å². The second-order valence-electron chi connectivity index (χ2n) is 8.29. The third-order valence-electron chi connectivity index (χ3n) is 6.40. The van der Waals surface area contributed by atoms with Crippen LogP contribution in [0.3, 0.4) is 0 Å². The van der Waals surface area contributed by atoms with Crippen LogP contribution in [-0.2, 0) is 4.74 Å². The molecule has 4 aliphatic rings. The molecule has 6 nitrogen and oxygen atoms in total. The zero-order valence-corrected chi connectivity index (χ0v) is 17.2. The molecule has 1 amide bonds. The molecule has 154 valence electrons. The van der Waals surface area contributed by atoms with E-state index in [0.29, 0.717) is 25.2 Å². The first-order valence-electron chi connectivity index (χ1n) is 10.7. The SMILES string of the molecule is CCCN1C[C@H]2CC[C@@H]1CN(C(=O)c1ccc(OC)c(N3CCOCC3)c1)C2. The Bertz CT molecular complexity index is 690. The molecular weight excluding hydrogens is 354 g/mol. The number of hydrogen-bond acceptors (Lipinski definition) is 5. The lowest BCUT2D eigenvalue weighted by Crippen LogP contribution is -2.44. The second kappa shape index (κ2) is 8.70. The first-order chi connectivity index (χ1) is 13.7. The molecule has 4 heterocycles. The molecule has 4 saturated heterocycles. The van der Waals surface area contributed by atoms with Gasteiger partial charge < -0.3 is 19.3 Å². The van der Waals surface area contributed by atoms with Gasteiger partial charge in [0.25, 0.3) is 5.91 Å². The molecule has 28 heavy (non-hydrogen) atoms. The van der Waals surface area contributed by atoms with Crippen LogP contribution in [0.15, 0.2) is 18.2 Å². The fourth-order valence-corrected chi connectivity index (χ4v) is 4.96. The van der Waals surface area contributed by atoms with Gasteiger partial charge in [0, 0.05) is 44.3 Å². The lowest BCUT2D eigenvalue weighted by Gasteiger charge is -2.35. The summed E-state index contributed by atoms with van der Waals surface area (Å²) < 4.78 is 11.0. The topological polar surface area (TPSA) is 45.2 Å². The molecule has 0 unspecified atom stereocenters. The number of hydrogen-bond donors (Lipinski definition) is 0. The van der Waals surface area contributed by atoms with Crippen molar-refractivity contribution in [2.75, 3.05) is 64.5 Å². The van der Waals surface area contributed by atoms with Gasteiger partial charge in [-0.2, -0.15) is 0 Å². The van der Waals surface area contributed by atoms with Crippen molar-refractivity contribution in [2.24, 2.45) is 5.92 Å². The lowest BCUT2D eigenvalue weighted by atomic mass is 9.95. The van der Waals surface area contributed by atoms with E-state index in [1.54, 1.807) is 7.11 Å². The highest BCUT2D eigenvalue weighted by Gasteiger charge is 2.36. The van der Waals surface area contributed by atoms with E-state index in [-0.39, 0.29) is 5.91 Å². The van der Waals surface area contributed by atoms with Gasteiger partial charge in [0.1, 0.15) is 5.75 Å². The number of nitrogens with zero attached hydrogens (tertiary/aromatic N) is 3. The molecule has 2 atom stereocenters. The van der Waals surface area contributed by atoms with Gasteiger partial charge in [-0.1, -0.05) is 6.92 Å². The monoisotopic (exact) mass is 387 g/mol. The van der Waals surface area contributed by atoms with E-state index >= 15 is 0 Å². The molecule has 0 aromatic heterocycles. The lowest BCUT2D eigenvalue weighted by molar-refractivity contribution is 0.0738. The second-order valence-corrected chi connectivity index (χ2v) is 8.29. The first kappa shape index (κ1) is 19.5. The minimum Gasteiger partial charge on any atom is -0.495 e. The van der Waals surface area contributed by atoms with E-state index in [9.17, 15) is 4.79 Å². The Balaban J connectivity index is 1.54. The molecule has 4 aliphatic heterocycles. The van der Waals surface area contributed by atoms with Crippen molar-refractivity contribution < 1.29 is 14.3 Å². The Hall–Kier alpha value is -1.79. The Labute approximate surface area is 168 Å². The van der Waals surface area contributed by atoms with Gasteiger partial charge >= 0.3 is 0 Å². The van der Waals surface area contributed by atoms with Gasteiger partial charge in [-0.15, -0.1) is 0 Å². The van der Waals surface area contributed by atoms with Crippen LogP contribution >= 0.6 is 0 Å². The van der Waals surface area contributed by atoms with Crippen molar-refractivity contribution in [1.82, 2.24) is 9.80 Å². The Morgan fingerprint density at radius 1 is 1.18 bits per heavy atom. The average molecular weight is 388 g/mol. The van der Waals surface area contributed by atoms with Crippen LogP contribution < -0.4 is 9.64 Å². The van der Waals surface area contributed by atoms with Gasteiger partial charge in [-0.05, 0) is 49.9 Å². The van der Waals surface area contributed by atoms with Crippen LogP contribution in [0.4, 0.5) is 5.69 Å². The summed E-state index contributed by atoms with van der Waals surface area (Å²) in [6.07, 6.45) is 3.64. The maximum absolute atomic E-state index is 13.4. The van der Waals surface area contributed by atoms with Gasteiger partial charge in [0.2, 0.25) is 0 Å². The number of benzene rings is 1. The fraction of sp³-hybridized carbons (Fsp3) is 0.682. The minimum atomic E-state index is 0.160. The van der Waals surface area contributed by atoms with Gasteiger partial charge in [0.15, 0.2) is 0 Å². The number of methoxy groups -OCH3 is 1. The molecule has 1 aromatic carbocycles. The number of rotatable bonds is 5. The highest BCUT2D eigenvalue weighted by molar-refractivity contribution is 5.96. The van der Waals surface area contributed by atoms with Gasteiger partial charge in [0.05, 0.1) is 26.0 Å². The number of piperidine rings is 1. The Morgan fingerprint density at radius 2 is 2.00 bits per heavy atom. The summed E-state index contributed by atoms with van der Waals surface area (Å²) in [5.74, 6) is 1.59. The fourth-order valence-electron chi connectivity index (χ4n) is 4.96. The summed E-state index contributed by atoms with van der Waals surface area (Å²) in [6.45, 7) is 9.35. The molecule has 0 spiro atoms. The number of fused-ring (bicyclic) bond motifs is 4. The first-order valence-corrected chi connectivity index (χ1v) is 10.7. The summed E-state index contributed by atoms with van der Waals surface area (Å²) in [5.41, 5.74) is 1.77. The number of morpholine rings is 1. The summed E-state index contributed by atoms with van der Waals surface area (Å²) in [6, 6.07) is 6.39. The number of anilines is 1. The summed E-state index contributed by atoms with van der Waals surface area (Å²) >= 11 is 0. The number of carbonyl (C=O) groups excluding carboxylic acids is 1. The quantitative estimate of drug-likeness (QED) is 0.777. The van der Waals surface area contributed by atoms with Gasteiger partial charge in [-0.3, -0.25) is 9.69 Å². The number of amides is 1. The third kappa shape index (κ3) is 3.98. The molecule has 0 radical (unpaired) electrons. The van der Waals surface area contributed by atoms with Crippen molar-refractivity contribution in [3.8, 4) is 5.75 Å². The van der Waals surface area contributed by atoms with Crippen molar-refractivity contribution in [2.45, 2.75) is 32.2 Å². The average Bonchev–Trinajstić information content (AvgIpc) is 3.05. The summed E-state index contributed by atoms with van der Waals surface area (Å²) in [7, 11) is 1.69. The molecule has 4 fully saturated rings. The molecule has 1 aromatic rings. The van der Waals surface area contributed by atoms with E-state index in [4.69, 9.17) is 9.47 Å².